The molecule has 17 nitrogen and oxygen atoms in total. The van der Waals surface area contributed by atoms with Crippen LogP contribution in [0.4, 0.5) is 0 Å². The smallest absolute Gasteiger partial charge is 0.462 e. The van der Waals surface area contributed by atoms with Crippen molar-refractivity contribution in [3.8, 4) is 0 Å². The number of phosphoric acid groups is 2. The van der Waals surface area contributed by atoms with E-state index >= 15 is 0 Å². The van der Waals surface area contributed by atoms with Crippen molar-refractivity contribution in [2.75, 3.05) is 39.6 Å². The van der Waals surface area contributed by atoms with Gasteiger partial charge in [-0.15, -0.1) is 0 Å². The van der Waals surface area contributed by atoms with E-state index in [4.69, 9.17) is 37.0 Å². The molecule has 0 fully saturated rings. The number of rotatable bonds is 85. The van der Waals surface area contributed by atoms with Crippen molar-refractivity contribution in [3.05, 3.63) is 0 Å². The standard InChI is InChI=1S/C87H170O17P2/c1-8-10-11-12-13-14-15-16-17-18-24-30-35-40-49-56-63-71-87(92)104-83(75-98-85(90)69-62-55-48-43-42-46-53-60-67-80(7)9-2)77-102-106(95,96)100-73-81(88)72-99-105(93,94)101-76-82(74-97-84(89)68-61-54-47-39-34-29-26-21-23-28-33-38-45-52-59-66-79(5)6)103-86(91)70-64-57-50-41-36-31-25-20-19-22-27-32-37-44-51-58-65-78(3)4/h78-83,88H,8-77H2,1-7H3,(H,93,94)(H,95,96)/t80?,81-,82-,83-/m1/s1. The van der Waals surface area contributed by atoms with Crippen LogP contribution in [0.5, 0.6) is 0 Å². The summed E-state index contributed by atoms with van der Waals surface area (Å²) in [5.74, 6) is 0.291. The Morgan fingerprint density at radius 3 is 0.717 bits per heavy atom. The first-order valence-electron chi connectivity index (χ1n) is 44.9. The molecule has 3 unspecified atom stereocenters. The predicted octanol–water partition coefficient (Wildman–Crippen LogP) is 26.5. The highest BCUT2D eigenvalue weighted by atomic mass is 31.2. The molecule has 0 rings (SSSR count). The largest absolute Gasteiger partial charge is 0.472 e. The van der Waals surface area contributed by atoms with Crippen LogP contribution in [0.2, 0.25) is 0 Å². The Labute approximate surface area is 651 Å². The number of unbranched alkanes of at least 4 members (excludes halogenated alkanes) is 52. The van der Waals surface area contributed by atoms with Gasteiger partial charge in [-0.3, -0.25) is 37.3 Å². The number of hydrogen-bond donors (Lipinski definition) is 3. The number of ether oxygens (including phenoxy) is 4. The second kappa shape index (κ2) is 77.0. The van der Waals surface area contributed by atoms with Crippen molar-refractivity contribution in [1.29, 1.82) is 0 Å². The third-order valence-corrected chi connectivity index (χ3v) is 22.6. The Bertz CT molecular complexity index is 2050. The topological polar surface area (TPSA) is 237 Å². The molecule has 0 aromatic rings. The fourth-order valence-electron chi connectivity index (χ4n) is 13.5. The summed E-state index contributed by atoms with van der Waals surface area (Å²) < 4.78 is 69.0. The normalized spacial score (nSPS) is 14.1. The lowest BCUT2D eigenvalue weighted by Gasteiger charge is -2.21. The molecule has 630 valence electrons. The number of carbonyl (C=O) groups excluding carboxylic acids is 4. The zero-order valence-corrected chi connectivity index (χ0v) is 71.7. The molecule has 0 spiro atoms. The predicted molar refractivity (Wildman–Crippen MR) is 437 cm³/mol. The molecule has 0 aliphatic rings. The molecule has 0 aromatic carbocycles. The Morgan fingerprint density at radius 1 is 0.274 bits per heavy atom. The molecule has 6 atom stereocenters. The lowest BCUT2D eigenvalue weighted by molar-refractivity contribution is -0.161. The minimum Gasteiger partial charge on any atom is -0.462 e. The lowest BCUT2D eigenvalue weighted by atomic mass is 9.99. The first-order chi connectivity index (χ1) is 51.3. The molecule has 0 amide bonds. The number of phosphoric ester groups is 2. The molecule has 19 heteroatoms. The van der Waals surface area contributed by atoms with Crippen molar-refractivity contribution < 1.29 is 80.2 Å². The molecule has 0 aliphatic carbocycles. The summed E-state index contributed by atoms with van der Waals surface area (Å²) in [5.41, 5.74) is 0. The minimum atomic E-state index is -4.97. The minimum absolute atomic E-state index is 0.108. The van der Waals surface area contributed by atoms with Gasteiger partial charge in [0.25, 0.3) is 0 Å². The van der Waals surface area contributed by atoms with Gasteiger partial charge in [-0.2, -0.15) is 0 Å². The van der Waals surface area contributed by atoms with E-state index in [-0.39, 0.29) is 25.7 Å². The molecule has 0 bridgehead atoms. The van der Waals surface area contributed by atoms with Gasteiger partial charge in [0.1, 0.15) is 19.3 Å². The van der Waals surface area contributed by atoms with Crippen LogP contribution in [-0.4, -0.2) is 96.7 Å². The summed E-state index contributed by atoms with van der Waals surface area (Å²) in [5, 5.41) is 10.7. The van der Waals surface area contributed by atoms with Crippen LogP contribution in [0.25, 0.3) is 0 Å². The molecular weight excluding hydrogens is 1380 g/mol. The Morgan fingerprint density at radius 2 is 0.481 bits per heavy atom. The third-order valence-electron chi connectivity index (χ3n) is 20.7. The second-order valence-electron chi connectivity index (χ2n) is 32.5. The molecule has 0 radical (unpaired) electrons. The highest BCUT2D eigenvalue weighted by molar-refractivity contribution is 7.47. The highest BCUT2D eigenvalue weighted by Gasteiger charge is 2.31. The van der Waals surface area contributed by atoms with Crippen LogP contribution in [-0.2, 0) is 65.4 Å². The number of hydrogen-bond acceptors (Lipinski definition) is 15. The van der Waals surface area contributed by atoms with Gasteiger partial charge in [-0.05, 0) is 43.4 Å². The molecule has 0 aliphatic heterocycles. The molecular formula is C87H170O17P2. The number of esters is 4. The van der Waals surface area contributed by atoms with Crippen molar-refractivity contribution in [2.24, 2.45) is 17.8 Å². The van der Waals surface area contributed by atoms with E-state index in [0.717, 1.165) is 108 Å². The SMILES string of the molecule is CCCCCCCCCCCCCCCCCCCC(=O)O[C@H](COC(=O)CCCCCCCCCCC(C)CC)COP(=O)(O)OC[C@H](O)COP(=O)(O)OC[C@@H](COC(=O)CCCCCCCCCCCCCCCCCC(C)C)OC(=O)CCCCCCCCCCCCCCCCCCC(C)C. The van der Waals surface area contributed by atoms with Gasteiger partial charge in [0.2, 0.25) is 0 Å². The van der Waals surface area contributed by atoms with E-state index in [9.17, 15) is 43.2 Å². The maximum Gasteiger partial charge on any atom is 0.472 e. The van der Waals surface area contributed by atoms with E-state index in [1.807, 2.05) is 0 Å². The summed E-state index contributed by atoms with van der Waals surface area (Å²) in [7, 11) is -9.93. The molecule has 0 saturated carbocycles. The summed E-state index contributed by atoms with van der Waals surface area (Å²) in [6.07, 6.45) is 67.9. The number of carbonyl (C=O) groups is 4. The number of aliphatic hydroxyl groups is 1. The number of aliphatic hydroxyl groups excluding tert-OH is 1. The van der Waals surface area contributed by atoms with Gasteiger partial charge >= 0.3 is 39.5 Å². The van der Waals surface area contributed by atoms with E-state index in [1.54, 1.807) is 0 Å². The molecule has 106 heavy (non-hydrogen) atoms. The van der Waals surface area contributed by atoms with Crippen LogP contribution in [0.1, 0.15) is 459 Å². The first-order valence-corrected chi connectivity index (χ1v) is 47.9. The zero-order chi connectivity index (χ0) is 77.9. The van der Waals surface area contributed by atoms with Gasteiger partial charge in [-0.1, -0.05) is 408 Å². The molecule has 0 heterocycles. The van der Waals surface area contributed by atoms with Gasteiger partial charge < -0.3 is 33.8 Å². The van der Waals surface area contributed by atoms with Crippen molar-refractivity contribution in [2.45, 2.75) is 478 Å². The third kappa shape index (κ3) is 78.7. The van der Waals surface area contributed by atoms with E-state index in [2.05, 4.69) is 48.5 Å². The van der Waals surface area contributed by atoms with Gasteiger partial charge in [0.15, 0.2) is 12.2 Å². The van der Waals surface area contributed by atoms with Gasteiger partial charge in [0, 0.05) is 25.7 Å². The summed E-state index contributed by atoms with van der Waals surface area (Å²) in [4.78, 5) is 73.3. The zero-order valence-electron chi connectivity index (χ0n) is 69.9. The van der Waals surface area contributed by atoms with E-state index in [1.165, 1.54) is 270 Å². The lowest BCUT2D eigenvalue weighted by Crippen LogP contribution is -2.30. The fraction of sp³-hybridized carbons (Fsp3) is 0.954. The Kier molecular flexibility index (Phi) is 75.6. The van der Waals surface area contributed by atoms with Crippen LogP contribution >= 0.6 is 15.6 Å². The van der Waals surface area contributed by atoms with Crippen LogP contribution in [0.3, 0.4) is 0 Å². The quantitative estimate of drug-likeness (QED) is 0.0222. The summed E-state index contributed by atoms with van der Waals surface area (Å²) in [6.45, 7) is 12.1. The van der Waals surface area contributed by atoms with Gasteiger partial charge in [0.05, 0.1) is 26.4 Å². The van der Waals surface area contributed by atoms with Crippen LogP contribution in [0, 0.1) is 17.8 Å². The van der Waals surface area contributed by atoms with Crippen molar-refractivity contribution >= 4 is 39.5 Å². The van der Waals surface area contributed by atoms with Crippen LogP contribution in [0.15, 0.2) is 0 Å². The molecule has 0 aromatic heterocycles. The fourth-order valence-corrected chi connectivity index (χ4v) is 15.1. The van der Waals surface area contributed by atoms with Crippen LogP contribution < -0.4 is 0 Å². The summed E-state index contributed by atoms with van der Waals surface area (Å²) >= 11 is 0. The monoisotopic (exact) mass is 1550 g/mol. The van der Waals surface area contributed by atoms with Gasteiger partial charge in [-0.25, -0.2) is 9.13 Å². The Balaban J connectivity index is 5.26. The van der Waals surface area contributed by atoms with Crippen molar-refractivity contribution in [3.63, 3.8) is 0 Å². The Hall–Kier alpha value is -1.94. The van der Waals surface area contributed by atoms with E-state index < -0.39 is 97.5 Å². The maximum atomic E-state index is 13.2. The summed E-state index contributed by atoms with van der Waals surface area (Å²) in [6, 6.07) is 0. The average Bonchev–Trinajstić information content (AvgIpc) is 0.919. The maximum absolute atomic E-state index is 13.2. The average molecular weight is 1550 g/mol. The second-order valence-corrected chi connectivity index (χ2v) is 35.4. The van der Waals surface area contributed by atoms with Crippen molar-refractivity contribution in [1.82, 2.24) is 0 Å². The first kappa shape index (κ1) is 104. The molecule has 0 saturated heterocycles. The molecule has 3 N–H and O–H groups in total. The highest BCUT2D eigenvalue weighted by Crippen LogP contribution is 2.45. The van der Waals surface area contributed by atoms with E-state index in [0.29, 0.717) is 25.7 Å².